The number of carbonyl (C=O) groups is 2. The van der Waals surface area contributed by atoms with Crippen LogP contribution in [0.4, 0.5) is 0 Å². The minimum Gasteiger partial charge on any atom is -0.354 e. The van der Waals surface area contributed by atoms with Gasteiger partial charge in [-0.3, -0.25) is 9.59 Å². The third-order valence-corrected chi connectivity index (χ3v) is 5.62. The van der Waals surface area contributed by atoms with Crippen molar-refractivity contribution in [2.45, 2.75) is 45.7 Å². The molecule has 4 nitrogen and oxygen atoms in total. The Morgan fingerprint density at radius 2 is 1.27 bits per heavy atom. The van der Waals surface area contributed by atoms with Gasteiger partial charge in [-0.05, 0) is 29.0 Å². The summed E-state index contributed by atoms with van der Waals surface area (Å²) >= 11 is 0. The maximum atomic E-state index is 13.5. The predicted molar refractivity (Wildman–Crippen MR) is 134 cm³/mol. The number of aryl methyl sites for hydroxylation is 1. The standard InChI is InChI=1S/C29H34N2O2/c1-23(2)21-30-29(33)27(20-25-14-8-4-9-15-25)31(22-26-16-10-5-11-17-26)28(32)19-18-24-12-6-3-7-13-24/h3-17,23,27H,18-22H2,1-2H3,(H,30,33)/t27-/m0/s1. The smallest absolute Gasteiger partial charge is 0.243 e. The highest BCUT2D eigenvalue weighted by Crippen LogP contribution is 2.17. The summed E-state index contributed by atoms with van der Waals surface area (Å²) in [5, 5.41) is 3.06. The number of benzene rings is 3. The molecule has 0 heterocycles. The second kappa shape index (κ2) is 12.6. The fourth-order valence-electron chi connectivity index (χ4n) is 3.80. The fourth-order valence-corrected chi connectivity index (χ4v) is 3.80. The summed E-state index contributed by atoms with van der Waals surface area (Å²) in [4.78, 5) is 28.7. The van der Waals surface area contributed by atoms with Crippen molar-refractivity contribution in [3.63, 3.8) is 0 Å². The van der Waals surface area contributed by atoms with E-state index in [0.29, 0.717) is 38.3 Å². The van der Waals surface area contributed by atoms with Gasteiger partial charge in [0.2, 0.25) is 11.8 Å². The lowest BCUT2D eigenvalue weighted by atomic mass is 10.0. The zero-order chi connectivity index (χ0) is 23.5. The molecule has 0 aliphatic heterocycles. The highest BCUT2D eigenvalue weighted by molar-refractivity contribution is 5.88. The topological polar surface area (TPSA) is 49.4 Å². The van der Waals surface area contributed by atoms with Gasteiger partial charge in [0.15, 0.2) is 0 Å². The van der Waals surface area contributed by atoms with Crippen LogP contribution < -0.4 is 5.32 Å². The fraction of sp³-hybridized carbons (Fsp3) is 0.310. The first-order valence-electron chi connectivity index (χ1n) is 11.7. The molecule has 0 radical (unpaired) electrons. The highest BCUT2D eigenvalue weighted by Gasteiger charge is 2.30. The molecule has 3 aromatic carbocycles. The van der Waals surface area contributed by atoms with Crippen LogP contribution in [0.2, 0.25) is 0 Å². The molecule has 2 amide bonds. The molecule has 1 atom stereocenters. The van der Waals surface area contributed by atoms with Gasteiger partial charge in [0.05, 0.1) is 0 Å². The first-order chi connectivity index (χ1) is 16.0. The van der Waals surface area contributed by atoms with Crippen LogP contribution in [0.5, 0.6) is 0 Å². The van der Waals surface area contributed by atoms with E-state index in [2.05, 4.69) is 19.2 Å². The Morgan fingerprint density at radius 3 is 1.82 bits per heavy atom. The normalized spacial score (nSPS) is 11.7. The molecular formula is C29H34N2O2. The van der Waals surface area contributed by atoms with Crippen molar-refractivity contribution >= 4 is 11.8 Å². The van der Waals surface area contributed by atoms with Crippen molar-refractivity contribution < 1.29 is 9.59 Å². The van der Waals surface area contributed by atoms with E-state index in [-0.39, 0.29) is 11.8 Å². The molecule has 33 heavy (non-hydrogen) atoms. The number of amides is 2. The largest absolute Gasteiger partial charge is 0.354 e. The van der Waals surface area contributed by atoms with Crippen LogP contribution in [0.25, 0.3) is 0 Å². The van der Waals surface area contributed by atoms with Crippen molar-refractivity contribution in [2.24, 2.45) is 5.92 Å². The summed E-state index contributed by atoms with van der Waals surface area (Å²) in [5.74, 6) is 0.225. The van der Waals surface area contributed by atoms with E-state index < -0.39 is 6.04 Å². The molecule has 0 bridgehead atoms. The highest BCUT2D eigenvalue weighted by atomic mass is 16.2. The molecule has 0 spiro atoms. The quantitative estimate of drug-likeness (QED) is 0.453. The van der Waals surface area contributed by atoms with Crippen LogP contribution in [-0.4, -0.2) is 29.3 Å². The zero-order valence-corrected chi connectivity index (χ0v) is 19.6. The van der Waals surface area contributed by atoms with Crippen molar-refractivity contribution in [3.05, 3.63) is 108 Å². The maximum absolute atomic E-state index is 13.5. The monoisotopic (exact) mass is 442 g/mol. The van der Waals surface area contributed by atoms with Crippen LogP contribution >= 0.6 is 0 Å². The van der Waals surface area contributed by atoms with Crippen LogP contribution in [0.1, 0.15) is 37.0 Å². The Morgan fingerprint density at radius 1 is 0.758 bits per heavy atom. The van der Waals surface area contributed by atoms with Crippen molar-refractivity contribution in [2.75, 3.05) is 6.54 Å². The van der Waals surface area contributed by atoms with E-state index >= 15 is 0 Å². The SMILES string of the molecule is CC(C)CNC(=O)[C@H](Cc1ccccc1)N(Cc1ccccc1)C(=O)CCc1ccccc1. The Bertz CT molecular complexity index is 988. The molecule has 0 fully saturated rings. The van der Waals surface area contributed by atoms with Gasteiger partial charge < -0.3 is 10.2 Å². The molecule has 0 saturated heterocycles. The molecule has 0 saturated carbocycles. The third-order valence-electron chi connectivity index (χ3n) is 5.62. The lowest BCUT2D eigenvalue weighted by Gasteiger charge is -2.32. The summed E-state index contributed by atoms with van der Waals surface area (Å²) in [6.45, 7) is 5.13. The van der Waals surface area contributed by atoms with Gasteiger partial charge in [-0.15, -0.1) is 0 Å². The second-order valence-electron chi connectivity index (χ2n) is 8.84. The molecule has 0 aromatic heterocycles. The van der Waals surface area contributed by atoms with Gasteiger partial charge in [-0.25, -0.2) is 0 Å². The van der Waals surface area contributed by atoms with E-state index in [1.807, 2.05) is 91.0 Å². The minimum absolute atomic E-state index is 0.0108. The van der Waals surface area contributed by atoms with Crippen molar-refractivity contribution in [3.8, 4) is 0 Å². The lowest BCUT2D eigenvalue weighted by molar-refractivity contribution is -0.141. The number of carbonyl (C=O) groups excluding carboxylic acids is 2. The number of rotatable bonds is 11. The molecule has 0 aliphatic rings. The average Bonchev–Trinajstić information content (AvgIpc) is 2.85. The Kier molecular flexibility index (Phi) is 9.25. The number of hydrogen-bond donors (Lipinski definition) is 1. The summed E-state index contributed by atoms with van der Waals surface area (Å²) in [6, 6.07) is 29.3. The summed E-state index contributed by atoms with van der Waals surface area (Å²) in [5.41, 5.74) is 3.17. The van der Waals surface area contributed by atoms with Gasteiger partial charge in [-0.1, -0.05) is 105 Å². The second-order valence-corrected chi connectivity index (χ2v) is 8.84. The molecule has 172 valence electrons. The van der Waals surface area contributed by atoms with Crippen LogP contribution in [0.15, 0.2) is 91.0 Å². The van der Waals surface area contributed by atoms with Gasteiger partial charge in [0.25, 0.3) is 0 Å². The lowest BCUT2D eigenvalue weighted by Crippen LogP contribution is -2.51. The zero-order valence-electron chi connectivity index (χ0n) is 19.6. The molecule has 1 N–H and O–H groups in total. The van der Waals surface area contributed by atoms with E-state index in [4.69, 9.17) is 0 Å². The van der Waals surface area contributed by atoms with E-state index in [1.54, 1.807) is 4.90 Å². The number of nitrogens with zero attached hydrogens (tertiary/aromatic N) is 1. The average molecular weight is 443 g/mol. The van der Waals surface area contributed by atoms with E-state index in [1.165, 1.54) is 0 Å². The number of nitrogens with one attached hydrogen (secondary N) is 1. The Labute approximate surface area is 197 Å². The summed E-state index contributed by atoms with van der Waals surface area (Å²) < 4.78 is 0. The van der Waals surface area contributed by atoms with Gasteiger partial charge >= 0.3 is 0 Å². The minimum atomic E-state index is -0.574. The van der Waals surface area contributed by atoms with Gasteiger partial charge in [0, 0.05) is 25.9 Å². The molecule has 3 aromatic rings. The van der Waals surface area contributed by atoms with E-state index in [0.717, 1.165) is 16.7 Å². The van der Waals surface area contributed by atoms with Crippen LogP contribution in [0, 0.1) is 5.92 Å². The molecule has 4 heteroatoms. The van der Waals surface area contributed by atoms with Crippen LogP contribution in [0.3, 0.4) is 0 Å². The molecular weight excluding hydrogens is 408 g/mol. The Hall–Kier alpha value is -3.40. The van der Waals surface area contributed by atoms with Gasteiger partial charge in [0.1, 0.15) is 6.04 Å². The first kappa shape index (κ1) is 24.2. The third kappa shape index (κ3) is 7.90. The molecule has 0 aliphatic carbocycles. The van der Waals surface area contributed by atoms with E-state index in [9.17, 15) is 9.59 Å². The van der Waals surface area contributed by atoms with Crippen molar-refractivity contribution in [1.29, 1.82) is 0 Å². The molecule has 0 unspecified atom stereocenters. The Balaban J connectivity index is 1.86. The first-order valence-corrected chi connectivity index (χ1v) is 11.7. The number of hydrogen-bond acceptors (Lipinski definition) is 2. The maximum Gasteiger partial charge on any atom is 0.243 e. The van der Waals surface area contributed by atoms with Gasteiger partial charge in [-0.2, -0.15) is 0 Å². The van der Waals surface area contributed by atoms with Crippen LogP contribution in [-0.2, 0) is 29.0 Å². The summed E-state index contributed by atoms with van der Waals surface area (Å²) in [7, 11) is 0. The summed E-state index contributed by atoms with van der Waals surface area (Å²) in [6.07, 6.45) is 1.49. The predicted octanol–water partition coefficient (Wildman–Crippen LogP) is 5.03. The molecule has 3 rings (SSSR count). The van der Waals surface area contributed by atoms with Crippen molar-refractivity contribution in [1.82, 2.24) is 10.2 Å².